The molecule has 0 atom stereocenters. The summed E-state index contributed by atoms with van der Waals surface area (Å²) in [6.07, 6.45) is 1.80. The first-order chi connectivity index (χ1) is 13.2. The summed E-state index contributed by atoms with van der Waals surface area (Å²) in [4.78, 5) is 24.2. The fourth-order valence-corrected chi connectivity index (χ4v) is 2.55. The Bertz CT molecular complexity index is 807. The van der Waals surface area contributed by atoms with Gasteiger partial charge in [-0.2, -0.15) is 0 Å². The highest BCUT2D eigenvalue weighted by atomic mass is 16.6. The first kappa shape index (κ1) is 18.3. The lowest BCUT2D eigenvalue weighted by Gasteiger charge is -2.05. The molecule has 3 rings (SSSR count). The van der Waals surface area contributed by atoms with Crippen LogP contribution in [0.4, 0.5) is 11.6 Å². The molecule has 0 aliphatic carbocycles. The predicted molar refractivity (Wildman–Crippen MR) is 101 cm³/mol. The van der Waals surface area contributed by atoms with Gasteiger partial charge in [-0.05, 0) is 34.3 Å². The Kier molecular flexibility index (Phi) is 6.30. The van der Waals surface area contributed by atoms with Crippen molar-refractivity contribution < 1.29 is 14.2 Å². The Morgan fingerprint density at radius 3 is 1.52 bits per heavy atom. The van der Waals surface area contributed by atoms with Gasteiger partial charge in [0.25, 0.3) is 0 Å². The standard InChI is InChI=1S/C20H20N4O3/c25-17(13-11-15-7-3-1-4-8-15)21-19-20(24-27-23-19)22-18(26)14-12-16-9-5-2-6-10-16/h1-10H,11-14H2,(H,21,23,25)(H,22,24,26). The minimum absolute atomic E-state index is 0.112. The highest BCUT2D eigenvalue weighted by Crippen LogP contribution is 2.17. The minimum atomic E-state index is -0.227. The van der Waals surface area contributed by atoms with Gasteiger partial charge in [0.05, 0.1) is 0 Å². The van der Waals surface area contributed by atoms with Crippen molar-refractivity contribution in [3.05, 3.63) is 71.8 Å². The van der Waals surface area contributed by atoms with E-state index in [1.54, 1.807) is 0 Å². The molecule has 7 nitrogen and oxygen atoms in total. The largest absolute Gasteiger partial charge is 0.305 e. The van der Waals surface area contributed by atoms with E-state index in [1.807, 2.05) is 60.7 Å². The van der Waals surface area contributed by atoms with E-state index in [-0.39, 0.29) is 36.3 Å². The number of rotatable bonds is 8. The van der Waals surface area contributed by atoms with Crippen LogP contribution in [0.3, 0.4) is 0 Å². The number of anilines is 2. The van der Waals surface area contributed by atoms with Crippen molar-refractivity contribution in [1.82, 2.24) is 10.3 Å². The van der Waals surface area contributed by atoms with Crippen molar-refractivity contribution in [1.29, 1.82) is 0 Å². The predicted octanol–water partition coefficient (Wildman–Crippen LogP) is 3.21. The summed E-state index contributed by atoms with van der Waals surface area (Å²) < 4.78 is 4.64. The van der Waals surface area contributed by atoms with Gasteiger partial charge in [-0.1, -0.05) is 60.7 Å². The van der Waals surface area contributed by atoms with Crippen LogP contribution in [0, 0.1) is 0 Å². The molecular formula is C20H20N4O3. The quantitative estimate of drug-likeness (QED) is 0.640. The normalized spacial score (nSPS) is 10.4. The molecule has 0 saturated carbocycles. The lowest BCUT2D eigenvalue weighted by Crippen LogP contribution is -2.17. The van der Waals surface area contributed by atoms with Crippen LogP contribution < -0.4 is 10.6 Å². The lowest BCUT2D eigenvalue weighted by atomic mass is 10.1. The Balaban J connectivity index is 1.48. The van der Waals surface area contributed by atoms with Crippen LogP contribution in [0.1, 0.15) is 24.0 Å². The van der Waals surface area contributed by atoms with E-state index in [2.05, 4.69) is 25.6 Å². The maximum atomic E-state index is 12.1. The van der Waals surface area contributed by atoms with Crippen molar-refractivity contribution in [2.75, 3.05) is 10.6 Å². The molecule has 27 heavy (non-hydrogen) atoms. The minimum Gasteiger partial charge on any atom is -0.305 e. The van der Waals surface area contributed by atoms with Crippen LogP contribution in [-0.2, 0) is 22.4 Å². The number of nitrogens with zero attached hydrogens (tertiary/aromatic N) is 2. The van der Waals surface area contributed by atoms with Crippen LogP contribution in [-0.4, -0.2) is 22.1 Å². The number of aryl methyl sites for hydroxylation is 2. The molecule has 1 aromatic heterocycles. The number of nitrogens with one attached hydrogen (secondary N) is 2. The number of hydrogen-bond acceptors (Lipinski definition) is 5. The molecule has 0 spiro atoms. The Hall–Kier alpha value is -3.48. The summed E-state index contributed by atoms with van der Waals surface area (Å²) in [6.45, 7) is 0. The summed E-state index contributed by atoms with van der Waals surface area (Å²) in [6, 6.07) is 19.4. The van der Waals surface area contributed by atoms with E-state index >= 15 is 0 Å². The zero-order valence-electron chi connectivity index (χ0n) is 14.7. The number of aromatic nitrogens is 2. The summed E-state index contributed by atoms with van der Waals surface area (Å²) in [5.74, 6) is -0.231. The molecule has 2 N–H and O–H groups in total. The topological polar surface area (TPSA) is 97.1 Å². The molecular weight excluding hydrogens is 344 g/mol. The van der Waals surface area contributed by atoms with E-state index in [0.717, 1.165) is 11.1 Å². The van der Waals surface area contributed by atoms with E-state index in [9.17, 15) is 9.59 Å². The lowest BCUT2D eigenvalue weighted by molar-refractivity contribution is -0.117. The number of amides is 2. The Labute approximate surface area is 156 Å². The number of benzene rings is 2. The van der Waals surface area contributed by atoms with Crippen LogP contribution in [0.25, 0.3) is 0 Å². The molecule has 0 bridgehead atoms. The van der Waals surface area contributed by atoms with Gasteiger partial charge in [0.2, 0.25) is 23.5 Å². The summed E-state index contributed by atoms with van der Waals surface area (Å²) in [7, 11) is 0. The molecule has 0 saturated heterocycles. The van der Waals surface area contributed by atoms with Gasteiger partial charge in [0.1, 0.15) is 0 Å². The molecule has 2 aromatic carbocycles. The van der Waals surface area contributed by atoms with Crippen LogP contribution >= 0.6 is 0 Å². The molecule has 0 unspecified atom stereocenters. The second kappa shape index (κ2) is 9.28. The van der Waals surface area contributed by atoms with E-state index in [1.165, 1.54) is 0 Å². The maximum Gasteiger partial charge on any atom is 0.226 e. The first-order valence-electron chi connectivity index (χ1n) is 8.71. The van der Waals surface area contributed by atoms with E-state index in [4.69, 9.17) is 0 Å². The highest BCUT2D eigenvalue weighted by Gasteiger charge is 2.15. The number of carbonyl (C=O) groups is 2. The smallest absolute Gasteiger partial charge is 0.226 e. The molecule has 3 aromatic rings. The van der Waals surface area contributed by atoms with E-state index in [0.29, 0.717) is 12.8 Å². The highest BCUT2D eigenvalue weighted by molar-refractivity contribution is 5.97. The third-order valence-corrected chi connectivity index (χ3v) is 3.97. The van der Waals surface area contributed by atoms with Gasteiger partial charge >= 0.3 is 0 Å². The maximum absolute atomic E-state index is 12.1. The molecule has 0 fully saturated rings. The average molecular weight is 364 g/mol. The van der Waals surface area contributed by atoms with Gasteiger partial charge in [0.15, 0.2) is 0 Å². The zero-order chi connectivity index (χ0) is 18.9. The summed E-state index contributed by atoms with van der Waals surface area (Å²) in [5, 5.41) is 12.5. The molecule has 1 heterocycles. The fourth-order valence-electron chi connectivity index (χ4n) is 2.55. The summed E-state index contributed by atoms with van der Waals surface area (Å²) >= 11 is 0. The van der Waals surface area contributed by atoms with Crippen molar-refractivity contribution >= 4 is 23.5 Å². The van der Waals surface area contributed by atoms with Crippen molar-refractivity contribution in [3.63, 3.8) is 0 Å². The second-order valence-electron chi connectivity index (χ2n) is 6.03. The Morgan fingerprint density at radius 1 is 0.704 bits per heavy atom. The van der Waals surface area contributed by atoms with Gasteiger partial charge in [-0.25, -0.2) is 4.63 Å². The molecule has 138 valence electrons. The molecule has 2 amide bonds. The van der Waals surface area contributed by atoms with Gasteiger partial charge in [0, 0.05) is 12.8 Å². The summed E-state index contributed by atoms with van der Waals surface area (Å²) in [5.41, 5.74) is 2.14. The molecule has 7 heteroatoms. The van der Waals surface area contributed by atoms with Gasteiger partial charge < -0.3 is 10.6 Å². The SMILES string of the molecule is O=C(CCc1ccccc1)Nc1nonc1NC(=O)CCc1ccccc1. The molecule has 0 aliphatic rings. The van der Waals surface area contributed by atoms with Crippen molar-refractivity contribution in [2.24, 2.45) is 0 Å². The van der Waals surface area contributed by atoms with Gasteiger partial charge in [-0.3, -0.25) is 9.59 Å². The number of hydrogen-bond donors (Lipinski definition) is 2. The van der Waals surface area contributed by atoms with Crippen LogP contribution in [0.5, 0.6) is 0 Å². The van der Waals surface area contributed by atoms with Gasteiger partial charge in [-0.15, -0.1) is 0 Å². The average Bonchev–Trinajstić information content (AvgIpc) is 3.13. The van der Waals surface area contributed by atoms with Crippen molar-refractivity contribution in [3.8, 4) is 0 Å². The van der Waals surface area contributed by atoms with Crippen LogP contribution in [0.2, 0.25) is 0 Å². The molecule has 0 aliphatic heterocycles. The Morgan fingerprint density at radius 2 is 1.11 bits per heavy atom. The second-order valence-corrected chi connectivity index (χ2v) is 6.03. The zero-order valence-corrected chi connectivity index (χ0v) is 14.7. The van der Waals surface area contributed by atoms with Crippen LogP contribution in [0.15, 0.2) is 65.3 Å². The fraction of sp³-hybridized carbons (Fsp3) is 0.200. The number of carbonyl (C=O) groups excluding carboxylic acids is 2. The third kappa shape index (κ3) is 5.78. The monoisotopic (exact) mass is 364 g/mol. The molecule has 0 radical (unpaired) electrons. The van der Waals surface area contributed by atoms with Crippen molar-refractivity contribution in [2.45, 2.75) is 25.7 Å². The van der Waals surface area contributed by atoms with E-state index < -0.39 is 0 Å². The third-order valence-electron chi connectivity index (χ3n) is 3.97. The first-order valence-corrected chi connectivity index (χ1v) is 8.71.